The summed E-state index contributed by atoms with van der Waals surface area (Å²) in [6, 6.07) is -0.421. The number of nitrogens with one attached hydrogen (secondary N) is 1. The normalized spacial score (nSPS) is 19.6. The summed E-state index contributed by atoms with van der Waals surface area (Å²) in [6.07, 6.45) is 6.29. The molecule has 112 valence electrons. The van der Waals surface area contributed by atoms with Crippen molar-refractivity contribution in [2.24, 2.45) is 5.73 Å². The quantitative estimate of drug-likeness (QED) is 0.639. The van der Waals surface area contributed by atoms with Crippen LogP contribution in [0.4, 0.5) is 0 Å². The van der Waals surface area contributed by atoms with Crippen LogP contribution in [0.2, 0.25) is 0 Å². The Kier molecular flexibility index (Phi) is 6.75. The first-order valence-electron chi connectivity index (χ1n) is 7.21. The van der Waals surface area contributed by atoms with E-state index in [9.17, 15) is 4.79 Å². The Morgan fingerprint density at radius 3 is 2.58 bits per heavy atom. The molecule has 0 aliphatic heterocycles. The van der Waals surface area contributed by atoms with Gasteiger partial charge in [-0.2, -0.15) is 0 Å². The van der Waals surface area contributed by atoms with Crippen LogP contribution in [0.5, 0.6) is 0 Å². The van der Waals surface area contributed by atoms with Crippen molar-refractivity contribution < 1.29 is 9.53 Å². The summed E-state index contributed by atoms with van der Waals surface area (Å²) < 4.78 is 4.97. The molecule has 0 bridgehead atoms. The van der Waals surface area contributed by atoms with Crippen molar-refractivity contribution >= 4 is 5.91 Å². The van der Waals surface area contributed by atoms with Crippen molar-refractivity contribution in [3.05, 3.63) is 0 Å². The van der Waals surface area contributed by atoms with Crippen LogP contribution in [0, 0.1) is 0 Å². The van der Waals surface area contributed by atoms with E-state index in [4.69, 9.17) is 10.5 Å². The molecule has 1 rings (SSSR count). The average molecular weight is 271 g/mol. The van der Waals surface area contributed by atoms with Gasteiger partial charge in [-0.1, -0.05) is 12.8 Å². The van der Waals surface area contributed by atoms with E-state index >= 15 is 0 Å². The maximum absolute atomic E-state index is 12.0. The number of nitrogens with two attached hydrogens (primary N) is 1. The SMILES string of the molecule is COCCCC(N)C(=O)NCC1(N(C)C)CCCC1. The number of carbonyl (C=O) groups excluding carboxylic acids is 1. The van der Waals surface area contributed by atoms with Gasteiger partial charge in [-0.25, -0.2) is 0 Å². The van der Waals surface area contributed by atoms with Gasteiger partial charge in [-0.3, -0.25) is 4.79 Å². The van der Waals surface area contributed by atoms with E-state index in [1.165, 1.54) is 12.8 Å². The van der Waals surface area contributed by atoms with Crippen LogP contribution in [0.15, 0.2) is 0 Å². The smallest absolute Gasteiger partial charge is 0.236 e. The molecule has 5 nitrogen and oxygen atoms in total. The highest BCUT2D eigenvalue weighted by Gasteiger charge is 2.36. The average Bonchev–Trinajstić information content (AvgIpc) is 2.86. The summed E-state index contributed by atoms with van der Waals surface area (Å²) in [5, 5.41) is 3.03. The number of nitrogens with zero attached hydrogens (tertiary/aromatic N) is 1. The molecule has 3 N–H and O–H groups in total. The highest BCUT2D eigenvalue weighted by Crippen LogP contribution is 2.33. The first-order chi connectivity index (χ1) is 9.02. The summed E-state index contributed by atoms with van der Waals surface area (Å²) >= 11 is 0. The predicted octanol–water partition coefficient (Wildman–Crippen LogP) is 0.731. The summed E-state index contributed by atoms with van der Waals surface area (Å²) in [7, 11) is 5.85. The van der Waals surface area contributed by atoms with Crippen molar-refractivity contribution in [2.45, 2.75) is 50.1 Å². The van der Waals surface area contributed by atoms with E-state index in [2.05, 4.69) is 24.3 Å². The molecule has 1 aliphatic rings. The zero-order valence-corrected chi connectivity index (χ0v) is 12.6. The fourth-order valence-corrected chi connectivity index (χ4v) is 2.78. The number of rotatable bonds is 8. The molecule has 1 unspecified atom stereocenters. The molecule has 0 saturated heterocycles. The molecular weight excluding hydrogens is 242 g/mol. The Morgan fingerprint density at radius 1 is 1.42 bits per heavy atom. The van der Waals surface area contributed by atoms with E-state index in [1.807, 2.05) is 0 Å². The van der Waals surface area contributed by atoms with Crippen LogP contribution < -0.4 is 11.1 Å². The molecule has 1 amide bonds. The van der Waals surface area contributed by atoms with Gasteiger partial charge in [0.15, 0.2) is 0 Å². The third-order valence-corrected chi connectivity index (χ3v) is 4.27. The van der Waals surface area contributed by atoms with Gasteiger partial charge in [0, 0.05) is 25.8 Å². The standard InChI is InChI=1S/C14H29N3O2/c1-17(2)14(8-4-5-9-14)11-16-13(18)12(15)7-6-10-19-3/h12H,4-11,15H2,1-3H3,(H,16,18). The van der Waals surface area contributed by atoms with Gasteiger partial charge >= 0.3 is 0 Å². The zero-order valence-electron chi connectivity index (χ0n) is 12.6. The molecule has 0 radical (unpaired) electrons. The lowest BCUT2D eigenvalue weighted by Gasteiger charge is -2.36. The van der Waals surface area contributed by atoms with Gasteiger partial charge in [0.1, 0.15) is 0 Å². The van der Waals surface area contributed by atoms with E-state index in [0.29, 0.717) is 19.6 Å². The highest BCUT2D eigenvalue weighted by molar-refractivity contribution is 5.81. The second-order valence-electron chi connectivity index (χ2n) is 5.79. The summed E-state index contributed by atoms with van der Waals surface area (Å²) in [5.74, 6) is -0.0378. The molecule has 0 aromatic heterocycles. The molecule has 1 aliphatic carbocycles. The molecule has 5 heteroatoms. The lowest BCUT2D eigenvalue weighted by molar-refractivity contribution is -0.123. The van der Waals surface area contributed by atoms with Crippen LogP contribution in [-0.4, -0.2) is 56.7 Å². The molecule has 1 saturated carbocycles. The van der Waals surface area contributed by atoms with Crippen LogP contribution in [0.25, 0.3) is 0 Å². The topological polar surface area (TPSA) is 67.6 Å². The molecule has 1 fully saturated rings. The minimum absolute atomic E-state index is 0.0378. The maximum Gasteiger partial charge on any atom is 0.236 e. The predicted molar refractivity (Wildman–Crippen MR) is 77.0 cm³/mol. The molecule has 0 aromatic rings. The number of likely N-dealkylation sites (N-methyl/N-ethyl adjacent to an activating group) is 1. The van der Waals surface area contributed by atoms with Crippen molar-refractivity contribution in [1.29, 1.82) is 0 Å². The Morgan fingerprint density at radius 2 is 2.05 bits per heavy atom. The summed E-state index contributed by atoms with van der Waals surface area (Å²) in [6.45, 7) is 1.36. The van der Waals surface area contributed by atoms with E-state index in [0.717, 1.165) is 19.3 Å². The van der Waals surface area contributed by atoms with Gasteiger partial charge in [0.25, 0.3) is 0 Å². The number of hydrogen-bond acceptors (Lipinski definition) is 4. The van der Waals surface area contributed by atoms with Gasteiger partial charge in [-0.05, 0) is 39.8 Å². The van der Waals surface area contributed by atoms with Gasteiger partial charge < -0.3 is 20.7 Å². The third kappa shape index (κ3) is 4.75. The second kappa shape index (κ2) is 7.82. The number of hydrogen-bond donors (Lipinski definition) is 2. The zero-order chi connectivity index (χ0) is 14.3. The second-order valence-corrected chi connectivity index (χ2v) is 5.79. The fraction of sp³-hybridized carbons (Fsp3) is 0.929. The maximum atomic E-state index is 12.0. The Labute approximate surface area is 116 Å². The Hall–Kier alpha value is -0.650. The molecule has 0 heterocycles. The van der Waals surface area contributed by atoms with Crippen LogP contribution >= 0.6 is 0 Å². The van der Waals surface area contributed by atoms with Crippen molar-refractivity contribution in [2.75, 3.05) is 34.4 Å². The van der Waals surface area contributed by atoms with Crippen molar-refractivity contribution in [1.82, 2.24) is 10.2 Å². The molecule has 1 atom stereocenters. The van der Waals surface area contributed by atoms with Gasteiger partial charge in [0.2, 0.25) is 5.91 Å². The first kappa shape index (κ1) is 16.4. The number of methoxy groups -OCH3 is 1. The number of amides is 1. The van der Waals surface area contributed by atoms with Crippen LogP contribution in [-0.2, 0) is 9.53 Å². The first-order valence-corrected chi connectivity index (χ1v) is 7.21. The lowest BCUT2D eigenvalue weighted by Crippen LogP contribution is -2.53. The number of carbonyl (C=O) groups is 1. The third-order valence-electron chi connectivity index (χ3n) is 4.27. The van der Waals surface area contributed by atoms with Gasteiger partial charge in [-0.15, -0.1) is 0 Å². The summed E-state index contributed by atoms with van der Waals surface area (Å²) in [5.41, 5.74) is 6.01. The summed E-state index contributed by atoms with van der Waals surface area (Å²) in [4.78, 5) is 14.2. The van der Waals surface area contributed by atoms with Crippen LogP contribution in [0.1, 0.15) is 38.5 Å². The molecular formula is C14H29N3O2. The van der Waals surface area contributed by atoms with Crippen molar-refractivity contribution in [3.63, 3.8) is 0 Å². The number of ether oxygens (including phenoxy) is 1. The molecule has 0 spiro atoms. The monoisotopic (exact) mass is 271 g/mol. The molecule has 19 heavy (non-hydrogen) atoms. The van der Waals surface area contributed by atoms with Gasteiger partial charge in [0.05, 0.1) is 6.04 Å². The highest BCUT2D eigenvalue weighted by atomic mass is 16.5. The lowest BCUT2D eigenvalue weighted by atomic mass is 9.96. The van der Waals surface area contributed by atoms with Crippen molar-refractivity contribution in [3.8, 4) is 0 Å². The Bertz CT molecular complexity index is 276. The largest absolute Gasteiger partial charge is 0.385 e. The fourth-order valence-electron chi connectivity index (χ4n) is 2.78. The van der Waals surface area contributed by atoms with Crippen LogP contribution in [0.3, 0.4) is 0 Å². The minimum Gasteiger partial charge on any atom is -0.385 e. The van der Waals surface area contributed by atoms with E-state index in [-0.39, 0.29) is 11.4 Å². The minimum atomic E-state index is -0.421. The molecule has 0 aromatic carbocycles. The van der Waals surface area contributed by atoms with E-state index in [1.54, 1.807) is 7.11 Å². The Balaban J connectivity index is 2.35. The van der Waals surface area contributed by atoms with E-state index < -0.39 is 6.04 Å².